The summed E-state index contributed by atoms with van der Waals surface area (Å²) in [4.78, 5) is 9.84. The lowest BCUT2D eigenvalue weighted by Crippen LogP contribution is -2.28. The van der Waals surface area contributed by atoms with Crippen LogP contribution in [-0.2, 0) is 13.0 Å². The molecule has 1 aliphatic rings. The molecule has 1 atom stereocenters. The predicted molar refractivity (Wildman–Crippen MR) is 77.6 cm³/mol. The van der Waals surface area contributed by atoms with Gasteiger partial charge < -0.3 is 5.32 Å². The van der Waals surface area contributed by atoms with Crippen LogP contribution in [0.2, 0.25) is 0 Å². The van der Waals surface area contributed by atoms with Gasteiger partial charge in [0.2, 0.25) is 5.82 Å². The van der Waals surface area contributed by atoms with Crippen molar-refractivity contribution in [3.8, 4) is 0 Å². The normalized spacial score (nSPS) is 16.1. The summed E-state index contributed by atoms with van der Waals surface area (Å²) >= 11 is 0. The number of rotatable bonds is 5. The molecule has 0 saturated carbocycles. The van der Waals surface area contributed by atoms with Gasteiger partial charge in [0, 0.05) is 25.1 Å². The third kappa shape index (κ3) is 2.78. The Labute approximate surface area is 121 Å². The second-order valence-corrected chi connectivity index (χ2v) is 5.27. The summed E-state index contributed by atoms with van der Waals surface area (Å²) in [5, 5.41) is 13.8. The summed E-state index contributed by atoms with van der Waals surface area (Å²) in [6.07, 6.45) is 1.07. The molecule has 2 aromatic rings. The van der Waals surface area contributed by atoms with Crippen molar-refractivity contribution in [2.24, 2.45) is 0 Å². The molecule has 108 valence electrons. The highest BCUT2D eigenvalue weighted by molar-refractivity contribution is 5.40. The van der Waals surface area contributed by atoms with E-state index >= 15 is 0 Å². The van der Waals surface area contributed by atoms with Gasteiger partial charge in [0.15, 0.2) is 0 Å². The van der Waals surface area contributed by atoms with Gasteiger partial charge in [-0.2, -0.15) is 4.39 Å². The summed E-state index contributed by atoms with van der Waals surface area (Å²) < 4.78 is 13.5. The van der Waals surface area contributed by atoms with Crippen molar-refractivity contribution in [2.75, 3.05) is 6.54 Å². The molecule has 0 fully saturated rings. The van der Waals surface area contributed by atoms with Crippen molar-refractivity contribution in [2.45, 2.75) is 18.9 Å². The zero-order chi connectivity index (χ0) is 14.8. The molecular formula is C16H15FN2O2. The first-order chi connectivity index (χ1) is 10.1. The smallest absolute Gasteiger partial charge is 0.304 e. The predicted octanol–water partition coefficient (Wildman–Crippen LogP) is 3.16. The number of fused-ring (bicyclic) bond motifs is 1. The monoisotopic (exact) mass is 286 g/mol. The Morgan fingerprint density at radius 3 is 2.81 bits per heavy atom. The van der Waals surface area contributed by atoms with Crippen molar-refractivity contribution < 1.29 is 9.31 Å². The quantitative estimate of drug-likeness (QED) is 0.678. The van der Waals surface area contributed by atoms with E-state index in [1.54, 1.807) is 6.07 Å². The molecule has 0 bridgehead atoms. The molecule has 0 saturated heterocycles. The molecule has 0 amide bonds. The molecule has 1 unspecified atom stereocenters. The average Bonchev–Trinajstić information content (AvgIpc) is 2.43. The summed E-state index contributed by atoms with van der Waals surface area (Å²) in [6.45, 7) is 1.34. The molecule has 3 rings (SSSR count). The van der Waals surface area contributed by atoms with Crippen LogP contribution in [0.15, 0.2) is 42.5 Å². The molecule has 5 heteroatoms. The lowest BCUT2D eigenvalue weighted by Gasteiger charge is -2.30. The molecular weight excluding hydrogens is 271 g/mol. The second-order valence-electron chi connectivity index (χ2n) is 5.27. The Balaban J connectivity index is 1.55. The summed E-state index contributed by atoms with van der Waals surface area (Å²) in [7, 11) is 0. The van der Waals surface area contributed by atoms with Crippen molar-refractivity contribution in [3.05, 3.63) is 75.1 Å². The lowest BCUT2D eigenvalue weighted by atomic mass is 9.77. The highest BCUT2D eigenvalue weighted by atomic mass is 19.1. The summed E-state index contributed by atoms with van der Waals surface area (Å²) in [6, 6.07) is 12.4. The van der Waals surface area contributed by atoms with E-state index in [2.05, 4.69) is 17.4 Å². The van der Waals surface area contributed by atoms with Gasteiger partial charge in [0.05, 0.1) is 4.92 Å². The Hall–Kier alpha value is -2.27. The molecule has 0 aliphatic heterocycles. The van der Waals surface area contributed by atoms with Crippen LogP contribution in [0.25, 0.3) is 0 Å². The Morgan fingerprint density at radius 1 is 1.29 bits per heavy atom. The number of nitro benzene ring substituents is 1. The van der Waals surface area contributed by atoms with Gasteiger partial charge in [-0.25, -0.2) is 0 Å². The second kappa shape index (κ2) is 5.61. The third-order valence-electron chi connectivity index (χ3n) is 3.89. The van der Waals surface area contributed by atoms with Crippen LogP contribution >= 0.6 is 0 Å². The fourth-order valence-electron chi connectivity index (χ4n) is 2.74. The fraction of sp³-hybridized carbons (Fsp3) is 0.250. The number of nitrogens with zero attached hydrogens (tertiary/aromatic N) is 1. The van der Waals surface area contributed by atoms with E-state index < -0.39 is 16.4 Å². The van der Waals surface area contributed by atoms with Crippen molar-refractivity contribution in [1.82, 2.24) is 5.32 Å². The number of benzene rings is 2. The first-order valence-corrected chi connectivity index (χ1v) is 6.86. The molecule has 1 N–H and O–H groups in total. The van der Waals surface area contributed by atoms with Crippen LogP contribution in [0.5, 0.6) is 0 Å². The molecule has 0 heterocycles. The zero-order valence-corrected chi connectivity index (χ0v) is 11.4. The Kier molecular flexibility index (Phi) is 3.66. The van der Waals surface area contributed by atoms with Gasteiger partial charge in [0.1, 0.15) is 0 Å². The van der Waals surface area contributed by atoms with Crippen molar-refractivity contribution in [1.29, 1.82) is 0 Å². The van der Waals surface area contributed by atoms with Crippen LogP contribution in [0.4, 0.5) is 10.1 Å². The van der Waals surface area contributed by atoms with E-state index in [1.165, 1.54) is 23.3 Å². The third-order valence-corrected chi connectivity index (χ3v) is 3.89. The van der Waals surface area contributed by atoms with E-state index in [0.717, 1.165) is 13.0 Å². The SMILES string of the molecule is O=[N+]([O-])c1ccc(CNCC2Cc3ccccc32)cc1F. The highest BCUT2D eigenvalue weighted by Crippen LogP contribution is 2.34. The van der Waals surface area contributed by atoms with Crippen LogP contribution < -0.4 is 5.32 Å². The van der Waals surface area contributed by atoms with Gasteiger partial charge >= 0.3 is 5.69 Å². The van der Waals surface area contributed by atoms with Gasteiger partial charge in [-0.1, -0.05) is 30.3 Å². The van der Waals surface area contributed by atoms with E-state index in [4.69, 9.17) is 0 Å². The molecule has 1 aliphatic carbocycles. The Bertz CT molecular complexity index is 688. The van der Waals surface area contributed by atoms with Gasteiger partial charge in [-0.3, -0.25) is 10.1 Å². The van der Waals surface area contributed by atoms with E-state index in [1.807, 2.05) is 12.1 Å². The number of nitrogens with one attached hydrogen (secondary N) is 1. The maximum atomic E-state index is 13.5. The van der Waals surface area contributed by atoms with Gasteiger partial charge in [-0.05, 0) is 29.2 Å². The molecule has 0 spiro atoms. The number of hydrogen-bond donors (Lipinski definition) is 1. The molecule has 21 heavy (non-hydrogen) atoms. The van der Waals surface area contributed by atoms with E-state index in [-0.39, 0.29) is 0 Å². The van der Waals surface area contributed by atoms with E-state index in [0.29, 0.717) is 18.0 Å². The highest BCUT2D eigenvalue weighted by Gasteiger charge is 2.24. The lowest BCUT2D eigenvalue weighted by molar-refractivity contribution is -0.387. The first kappa shape index (κ1) is 13.7. The largest absolute Gasteiger partial charge is 0.312 e. The minimum Gasteiger partial charge on any atom is -0.312 e. The maximum absolute atomic E-state index is 13.5. The van der Waals surface area contributed by atoms with Crippen LogP contribution in [0.1, 0.15) is 22.6 Å². The minimum atomic E-state index is -0.784. The Morgan fingerprint density at radius 2 is 2.10 bits per heavy atom. The average molecular weight is 286 g/mol. The topological polar surface area (TPSA) is 55.2 Å². The van der Waals surface area contributed by atoms with Crippen LogP contribution in [0.3, 0.4) is 0 Å². The summed E-state index contributed by atoms with van der Waals surface area (Å²) in [5.41, 5.74) is 3.00. The molecule has 0 radical (unpaired) electrons. The summed E-state index contributed by atoms with van der Waals surface area (Å²) in [5.74, 6) is -0.280. The first-order valence-electron chi connectivity index (χ1n) is 6.86. The van der Waals surface area contributed by atoms with Crippen molar-refractivity contribution in [3.63, 3.8) is 0 Å². The number of nitro groups is 1. The van der Waals surface area contributed by atoms with Crippen LogP contribution in [0, 0.1) is 15.9 Å². The standard InChI is InChI=1S/C16H15FN2O2/c17-15-7-11(5-6-16(15)19(20)21)9-18-10-13-8-12-3-1-2-4-14(12)13/h1-7,13,18H,8-10H2. The zero-order valence-electron chi connectivity index (χ0n) is 11.4. The molecule has 0 aromatic heterocycles. The number of halogens is 1. The molecule has 4 nitrogen and oxygen atoms in total. The van der Waals surface area contributed by atoms with Crippen molar-refractivity contribution >= 4 is 5.69 Å². The fourth-order valence-corrected chi connectivity index (χ4v) is 2.74. The van der Waals surface area contributed by atoms with Crippen LogP contribution in [-0.4, -0.2) is 11.5 Å². The maximum Gasteiger partial charge on any atom is 0.304 e. The number of hydrogen-bond acceptors (Lipinski definition) is 3. The van der Waals surface area contributed by atoms with E-state index in [9.17, 15) is 14.5 Å². The molecule has 2 aromatic carbocycles. The van der Waals surface area contributed by atoms with Gasteiger partial charge in [-0.15, -0.1) is 0 Å². The minimum absolute atomic E-state index is 0.480. The van der Waals surface area contributed by atoms with Gasteiger partial charge in [0.25, 0.3) is 0 Å².